The van der Waals surface area contributed by atoms with E-state index in [2.05, 4.69) is 40.1 Å². The third-order valence-electron chi connectivity index (χ3n) is 2.07. The fourth-order valence-electron chi connectivity index (χ4n) is 1.03. The Morgan fingerprint density at radius 1 is 1.53 bits per heavy atom. The Kier molecular flexibility index (Phi) is 4.41. The molecule has 1 heterocycles. The number of alkyl halides is 1. The first kappa shape index (κ1) is 12.8. The standard InChI is InChI=1S/C11H16BrClN2/c1-8-4-9(12)10(14-5-8)15-7-11(2,3)6-13/h4-5H,6-7H2,1-3H3,(H,14,15). The summed E-state index contributed by atoms with van der Waals surface area (Å²) in [7, 11) is 0. The van der Waals surface area contributed by atoms with Gasteiger partial charge in [0.25, 0.3) is 0 Å². The van der Waals surface area contributed by atoms with Gasteiger partial charge in [-0.2, -0.15) is 0 Å². The lowest BCUT2D eigenvalue weighted by Gasteiger charge is -2.22. The SMILES string of the molecule is Cc1cnc(NCC(C)(C)CCl)c(Br)c1. The molecule has 0 aliphatic heterocycles. The van der Waals surface area contributed by atoms with Crippen LogP contribution in [-0.4, -0.2) is 17.4 Å². The maximum Gasteiger partial charge on any atom is 0.140 e. The first-order valence-corrected chi connectivity index (χ1v) is 6.19. The van der Waals surface area contributed by atoms with E-state index in [0.717, 1.165) is 22.4 Å². The smallest absolute Gasteiger partial charge is 0.140 e. The maximum absolute atomic E-state index is 5.85. The number of halogens is 2. The van der Waals surface area contributed by atoms with Crippen molar-refractivity contribution in [3.05, 3.63) is 22.3 Å². The second-order valence-electron chi connectivity index (χ2n) is 4.49. The summed E-state index contributed by atoms with van der Waals surface area (Å²) in [6.07, 6.45) is 1.85. The normalized spacial score (nSPS) is 11.5. The molecule has 0 aliphatic carbocycles. The molecule has 2 nitrogen and oxygen atoms in total. The van der Waals surface area contributed by atoms with Crippen molar-refractivity contribution in [3.8, 4) is 0 Å². The average Bonchev–Trinajstić information content (AvgIpc) is 2.16. The third kappa shape index (κ3) is 3.99. The van der Waals surface area contributed by atoms with E-state index in [1.165, 1.54) is 0 Å². The molecule has 1 rings (SSSR count). The minimum absolute atomic E-state index is 0.0769. The van der Waals surface area contributed by atoms with E-state index in [4.69, 9.17) is 11.6 Å². The van der Waals surface area contributed by atoms with Crippen LogP contribution >= 0.6 is 27.5 Å². The van der Waals surface area contributed by atoms with Crippen molar-refractivity contribution in [2.75, 3.05) is 17.7 Å². The number of hydrogen-bond donors (Lipinski definition) is 1. The molecule has 0 atom stereocenters. The summed E-state index contributed by atoms with van der Waals surface area (Å²) in [5.74, 6) is 1.50. The molecule has 0 amide bonds. The fraction of sp³-hybridized carbons (Fsp3) is 0.545. The molecule has 0 spiro atoms. The van der Waals surface area contributed by atoms with Gasteiger partial charge in [-0.3, -0.25) is 0 Å². The van der Waals surface area contributed by atoms with Crippen LogP contribution in [-0.2, 0) is 0 Å². The van der Waals surface area contributed by atoms with Crippen molar-refractivity contribution in [3.63, 3.8) is 0 Å². The van der Waals surface area contributed by atoms with Gasteiger partial charge >= 0.3 is 0 Å². The van der Waals surface area contributed by atoms with Crippen LogP contribution in [0.2, 0.25) is 0 Å². The van der Waals surface area contributed by atoms with Gasteiger partial charge in [-0.25, -0.2) is 4.98 Å². The molecule has 1 aromatic heterocycles. The monoisotopic (exact) mass is 290 g/mol. The van der Waals surface area contributed by atoms with Crippen LogP contribution in [0.5, 0.6) is 0 Å². The van der Waals surface area contributed by atoms with Gasteiger partial charge in [0, 0.05) is 18.6 Å². The van der Waals surface area contributed by atoms with Gasteiger partial charge in [0.1, 0.15) is 5.82 Å². The number of pyridine rings is 1. The maximum atomic E-state index is 5.85. The van der Waals surface area contributed by atoms with E-state index < -0.39 is 0 Å². The number of hydrogen-bond acceptors (Lipinski definition) is 2. The van der Waals surface area contributed by atoms with Crippen LogP contribution in [0.4, 0.5) is 5.82 Å². The van der Waals surface area contributed by atoms with Crippen LogP contribution < -0.4 is 5.32 Å². The Labute approximate surface area is 105 Å². The number of anilines is 1. The molecule has 4 heteroatoms. The zero-order chi connectivity index (χ0) is 11.5. The summed E-state index contributed by atoms with van der Waals surface area (Å²) in [5, 5.41) is 3.29. The molecular formula is C11H16BrClN2. The Bertz CT molecular complexity index is 339. The molecule has 1 aromatic rings. The number of nitrogens with one attached hydrogen (secondary N) is 1. The molecule has 0 saturated carbocycles. The molecule has 15 heavy (non-hydrogen) atoms. The molecule has 1 N–H and O–H groups in total. The lowest BCUT2D eigenvalue weighted by atomic mass is 9.97. The molecule has 0 aromatic carbocycles. The summed E-state index contributed by atoms with van der Waals surface area (Å²) in [6, 6.07) is 2.04. The molecule has 0 bridgehead atoms. The van der Waals surface area contributed by atoms with Crippen molar-refractivity contribution in [1.82, 2.24) is 4.98 Å². The number of nitrogens with zero attached hydrogens (tertiary/aromatic N) is 1. The first-order valence-electron chi connectivity index (χ1n) is 4.86. The van der Waals surface area contributed by atoms with Crippen molar-refractivity contribution < 1.29 is 0 Å². The quantitative estimate of drug-likeness (QED) is 0.853. The summed E-state index contributed by atoms with van der Waals surface area (Å²) >= 11 is 9.33. The molecule has 84 valence electrons. The minimum Gasteiger partial charge on any atom is -0.369 e. The Morgan fingerprint density at radius 3 is 2.73 bits per heavy atom. The van der Waals surface area contributed by atoms with Gasteiger partial charge in [0.15, 0.2) is 0 Å². The van der Waals surface area contributed by atoms with Crippen LogP contribution in [0.25, 0.3) is 0 Å². The largest absolute Gasteiger partial charge is 0.369 e. The second-order valence-corrected chi connectivity index (χ2v) is 5.62. The van der Waals surface area contributed by atoms with Crippen LogP contribution in [0.15, 0.2) is 16.7 Å². The molecule has 0 fully saturated rings. The van der Waals surface area contributed by atoms with Gasteiger partial charge < -0.3 is 5.32 Å². The number of aryl methyl sites for hydroxylation is 1. The lowest BCUT2D eigenvalue weighted by molar-refractivity contribution is 0.449. The van der Waals surface area contributed by atoms with Crippen molar-refractivity contribution >= 4 is 33.3 Å². The van der Waals surface area contributed by atoms with Gasteiger partial charge in [-0.1, -0.05) is 13.8 Å². The zero-order valence-electron chi connectivity index (χ0n) is 9.27. The van der Waals surface area contributed by atoms with Crippen molar-refractivity contribution in [2.45, 2.75) is 20.8 Å². The highest BCUT2D eigenvalue weighted by Crippen LogP contribution is 2.23. The Balaban J connectivity index is 2.66. The minimum atomic E-state index is 0.0769. The highest BCUT2D eigenvalue weighted by Gasteiger charge is 2.16. The Morgan fingerprint density at radius 2 is 2.20 bits per heavy atom. The predicted molar refractivity (Wildman–Crippen MR) is 69.7 cm³/mol. The van der Waals surface area contributed by atoms with E-state index in [-0.39, 0.29) is 5.41 Å². The van der Waals surface area contributed by atoms with E-state index in [1.807, 2.05) is 19.2 Å². The Hall–Kier alpha value is -0.280. The zero-order valence-corrected chi connectivity index (χ0v) is 11.6. The molecule has 0 saturated heterocycles. The van der Waals surface area contributed by atoms with Crippen LogP contribution in [0.1, 0.15) is 19.4 Å². The van der Waals surface area contributed by atoms with Gasteiger partial charge in [-0.15, -0.1) is 11.6 Å². The third-order valence-corrected chi connectivity index (χ3v) is 3.40. The number of aromatic nitrogens is 1. The van der Waals surface area contributed by atoms with Crippen LogP contribution in [0, 0.1) is 12.3 Å². The number of rotatable bonds is 4. The molecule has 0 unspecified atom stereocenters. The molecule has 0 aliphatic rings. The van der Waals surface area contributed by atoms with Gasteiger partial charge in [0.2, 0.25) is 0 Å². The second kappa shape index (κ2) is 5.17. The summed E-state index contributed by atoms with van der Waals surface area (Å²) in [5.41, 5.74) is 1.22. The van der Waals surface area contributed by atoms with Gasteiger partial charge in [0.05, 0.1) is 4.47 Å². The van der Waals surface area contributed by atoms with Crippen molar-refractivity contribution in [2.24, 2.45) is 5.41 Å². The summed E-state index contributed by atoms with van der Waals surface area (Å²) in [6.45, 7) is 7.07. The van der Waals surface area contributed by atoms with E-state index in [9.17, 15) is 0 Å². The highest BCUT2D eigenvalue weighted by atomic mass is 79.9. The fourth-order valence-corrected chi connectivity index (χ4v) is 1.73. The summed E-state index contributed by atoms with van der Waals surface area (Å²) < 4.78 is 0.993. The van der Waals surface area contributed by atoms with Crippen LogP contribution in [0.3, 0.4) is 0 Å². The average molecular weight is 292 g/mol. The lowest BCUT2D eigenvalue weighted by Crippen LogP contribution is -2.25. The van der Waals surface area contributed by atoms with E-state index >= 15 is 0 Å². The highest BCUT2D eigenvalue weighted by molar-refractivity contribution is 9.10. The van der Waals surface area contributed by atoms with E-state index in [0.29, 0.717) is 5.88 Å². The van der Waals surface area contributed by atoms with Crippen molar-refractivity contribution in [1.29, 1.82) is 0 Å². The molecular weight excluding hydrogens is 275 g/mol. The van der Waals surface area contributed by atoms with E-state index in [1.54, 1.807) is 0 Å². The topological polar surface area (TPSA) is 24.9 Å². The molecule has 0 radical (unpaired) electrons. The first-order chi connectivity index (χ1) is 6.94. The van der Waals surface area contributed by atoms with Gasteiger partial charge in [-0.05, 0) is 39.9 Å². The predicted octanol–water partition coefficient (Wildman–Crippen LogP) is 3.83. The summed E-state index contributed by atoms with van der Waals surface area (Å²) in [4.78, 5) is 4.31.